The first-order valence-corrected chi connectivity index (χ1v) is 10.4. The second-order valence-electron chi connectivity index (χ2n) is 7.17. The summed E-state index contributed by atoms with van der Waals surface area (Å²) in [5, 5.41) is 3.28. The average molecular weight is 440 g/mol. The molecule has 0 spiro atoms. The van der Waals surface area contributed by atoms with Gasteiger partial charge in [0, 0.05) is 16.8 Å². The molecule has 0 bridgehead atoms. The van der Waals surface area contributed by atoms with Crippen LogP contribution in [0.1, 0.15) is 34.0 Å². The Morgan fingerprint density at radius 2 is 1.65 bits per heavy atom. The van der Waals surface area contributed by atoms with E-state index in [1.807, 2.05) is 32.9 Å². The summed E-state index contributed by atoms with van der Waals surface area (Å²) in [5.41, 5.74) is 4.13. The summed E-state index contributed by atoms with van der Waals surface area (Å²) >= 11 is 6.15. The minimum absolute atomic E-state index is 0.253. The van der Waals surface area contributed by atoms with Crippen molar-refractivity contribution in [1.29, 1.82) is 0 Å². The lowest BCUT2D eigenvalue weighted by molar-refractivity contribution is 0.102. The number of carbonyl (C=O) groups is 1. The number of nitrogens with one attached hydrogen (secondary N) is 1. The summed E-state index contributed by atoms with van der Waals surface area (Å²) in [6, 6.07) is 16.5. The van der Waals surface area contributed by atoms with Crippen LogP contribution in [0.2, 0.25) is 5.02 Å². The number of hydrogen-bond donors (Lipinski definition) is 1. The zero-order valence-corrected chi connectivity index (χ0v) is 18.9. The highest BCUT2D eigenvalue weighted by Crippen LogP contribution is 2.28. The molecular weight excluding hydrogens is 414 g/mol. The molecule has 162 valence electrons. The standard InChI is InChI=1S/C25H26ClNO4/c1-5-30-23-8-6-18(25(28)27-20-7-9-24(29-4)22(26)14-20)13-19(23)15-31-21-11-16(2)10-17(3)12-21/h6-14H,5,15H2,1-4H3,(H,27,28). The van der Waals surface area contributed by atoms with Crippen LogP contribution in [0.3, 0.4) is 0 Å². The van der Waals surface area contributed by atoms with Crippen molar-refractivity contribution < 1.29 is 19.0 Å². The first kappa shape index (κ1) is 22.5. The number of benzene rings is 3. The maximum Gasteiger partial charge on any atom is 0.255 e. The maximum atomic E-state index is 12.8. The number of amides is 1. The van der Waals surface area contributed by atoms with Crippen LogP contribution in [0.15, 0.2) is 54.6 Å². The van der Waals surface area contributed by atoms with Crippen molar-refractivity contribution >= 4 is 23.2 Å². The minimum atomic E-state index is -0.253. The van der Waals surface area contributed by atoms with Crippen molar-refractivity contribution in [2.24, 2.45) is 0 Å². The highest BCUT2D eigenvalue weighted by Gasteiger charge is 2.13. The van der Waals surface area contributed by atoms with E-state index in [0.717, 1.165) is 22.4 Å². The number of methoxy groups -OCH3 is 1. The molecule has 0 radical (unpaired) electrons. The topological polar surface area (TPSA) is 56.8 Å². The lowest BCUT2D eigenvalue weighted by atomic mass is 10.1. The Labute approximate surface area is 187 Å². The lowest BCUT2D eigenvalue weighted by Gasteiger charge is -2.14. The van der Waals surface area contributed by atoms with Crippen LogP contribution < -0.4 is 19.5 Å². The first-order chi connectivity index (χ1) is 14.9. The van der Waals surface area contributed by atoms with Crippen molar-refractivity contribution in [2.45, 2.75) is 27.4 Å². The molecule has 0 atom stereocenters. The Balaban J connectivity index is 1.79. The van der Waals surface area contributed by atoms with Crippen molar-refractivity contribution in [1.82, 2.24) is 0 Å². The fraction of sp³-hybridized carbons (Fsp3) is 0.240. The van der Waals surface area contributed by atoms with Crippen LogP contribution in [-0.2, 0) is 6.61 Å². The third-order valence-corrected chi connectivity index (χ3v) is 4.92. The van der Waals surface area contributed by atoms with Crippen molar-refractivity contribution in [3.05, 3.63) is 81.9 Å². The van der Waals surface area contributed by atoms with E-state index in [4.69, 9.17) is 25.8 Å². The van der Waals surface area contributed by atoms with Gasteiger partial charge in [0.2, 0.25) is 0 Å². The Morgan fingerprint density at radius 3 is 2.29 bits per heavy atom. The van der Waals surface area contributed by atoms with E-state index in [0.29, 0.717) is 34.4 Å². The van der Waals surface area contributed by atoms with Gasteiger partial charge in [0.05, 0.1) is 18.7 Å². The molecule has 0 saturated carbocycles. The van der Waals surface area contributed by atoms with E-state index in [1.165, 1.54) is 0 Å². The molecule has 31 heavy (non-hydrogen) atoms. The molecular formula is C25H26ClNO4. The zero-order chi connectivity index (χ0) is 22.4. The van der Waals surface area contributed by atoms with Gasteiger partial charge in [-0.25, -0.2) is 0 Å². The molecule has 3 aromatic carbocycles. The van der Waals surface area contributed by atoms with Crippen molar-refractivity contribution in [3.8, 4) is 17.2 Å². The SMILES string of the molecule is CCOc1ccc(C(=O)Nc2ccc(OC)c(Cl)c2)cc1COc1cc(C)cc(C)c1. The van der Waals surface area contributed by atoms with Crippen LogP contribution in [0.5, 0.6) is 17.2 Å². The van der Waals surface area contributed by atoms with E-state index in [2.05, 4.69) is 11.4 Å². The van der Waals surface area contributed by atoms with Gasteiger partial charge in [-0.1, -0.05) is 17.7 Å². The molecule has 5 nitrogen and oxygen atoms in total. The van der Waals surface area contributed by atoms with Gasteiger partial charge in [-0.05, 0) is 80.4 Å². The van der Waals surface area contributed by atoms with Crippen LogP contribution in [-0.4, -0.2) is 19.6 Å². The molecule has 1 amide bonds. The van der Waals surface area contributed by atoms with E-state index in [-0.39, 0.29) is 12.5 Å². The van der Waals surface area contributed by atoms with Gasteiger partial charge in [0.25, 0.3) is 5.91 Å². The zero-order valence-electron chi connectivity index (χ0n) is 18.1. The number of anilines is 1. The minimum Gasteiger partial charge on any atom is -0.495 e. The molecule has 0 aromatic heterocycles. The number of aryl methyl sites for hydroxylation is 2. The first-order valence-electron chi connectivity index (χ1n) is 10.0. The summed E-state index contributed by atoms with van der Waals surface area (Å²) in [4.78, 5) is 12.8. The molecule has 0 aliphatic heterocycles. The fourth-order valence-electron chi connectivity index (χ4n) is 3.25. The monoisotopic (exact) mass is 439 g/mol. The predicted octanol–water partition coefficient (Wildman–Crippen LogP) is 6.20. The summed E-state index contributed by atoms with van der Waals surface area (Å²) in [5.74, 6) is 1.77. The summed E-state index contributed by atoms with van der Waals surface area (Å²) in [6.07, 6.45) is 0. The highest BCUT2D eigenvalue weighted by molar-refractivity contribution is 6.32. The van der Waals surface area contributed by atoms with Gasteiger partial charge in [-0.15, -0.1) is 0 Å². The molecule has 0 aliphatic rings. The van der Waals surface area contributed by atoms with E-state index < -0.39 is 0 Å². The maximum absolute atomic E-state index is 12.8. The second-order valence-corrected chi connectivity index (χ2v) is 7.58. The second kappa shape index (κ2) is 10.2. The lowest BCUT2D eigenvalue weighted by Crippen LogP contribution is -2.13. The quantitative estimate of drug-likeness (QED) is 0.454. The van der Waals surface area contributed by atoms with Crippen LogP contribution >= 0.6 is 11.6 Å². The Hall–Kier alpha value is -3.18. The van der Waals surface area contributed by atoms with Crippen molar-refractivity contribution in [2.75, 3.05) is 19.0 Å². The summed E-state index contributed by atoms with van der Waals surface area (Å²) < 4.78 is 16.9. The average Bonchev–Trinajstić information content (AvgIpc) is 2.72. The van der Waals surface area contributed by atoms with Gasteiger partial charge in [0.1, 0.15) is 23.9 Å². The fourth-order valence-corrected chi connectivity index (χ4v) is 3.51. The normalized spacial score (nSPS) is 10.5. The van der Waals surface area contributed by atoms with E-state index in [1.54, 1.807) is 43.5 Å². The molecule has 3 aromatic rings. The van der Waals surface area contributed by atoms with E-state index >= 15 is 0 Å². The molecule has 6 heteroatoms. The van der Waals surface area contributed by atoms with Gasteiger partial charge in [0.15, 0.2) is 0 Å². The predicted molar refractivity (Wildman–Crippen MR) is 124 cm³/mol. The van der Waals surface area contributed by atoms with Gasteiger partial charge in [-0.3, -0.25) is 4.79 Å². The molecule has 0 saturated heterocycles. The van der Waals surface area contributed by atoms with Crippen LogP contribution in [0.25, 0.3) is 0 Å². The van der Waals surface area contributed by atoms with Gasteiger partial charge >= 0.3 is 0 Å². The molecule has 0 fully saturated rings. The number of carbonyl (C=O) groups excluding carboxylic acids is 1. The smallest absolute Gasteiger partial charge is 0.255 e. The van der Waals surface area contributed by atoms with Gasteiger partial charge in [-0.2, -0.15) is 0 Å². The van der Waals surface area contributed by atoms with E-state index in [9.17, 15) is 4.79 Å². The molecule has 1 N–H and O–H groups in total. The van der Waals surface area contributed by atoms with Crippen molar-refractivity contribution in [3.63, 3.8) is 0 Å². The largest absolute Gasteiger partial charge is 0.495 e. The number of rotatable bonds is 8. The third-order valence-electron chi connectivity index (χ3n) is 4.62. The van der Waals surface area contributed by atoms with Crippen LogP contribution in [0.4, 0.5) is 5.69 Å². The molecule has 0 heterocycles. The third kappa shape index (κ3) is 5.92. The molecule has 0 unspecified atom stereocenters. The highest BCUT2D eigenvalue weighted by atomic mass is 35.5. The Morgan fingerprint density at radius 1 is 0.935 bits per heavy atom. The van der Waals surface area contributed by atoms with Gasteiger partial charge < -0.3 is 19.5 Å². The summed E-state index contributed by atoms with van der Waals surface area (Å²) in [6.45, 7) is 6.78. The molecule has 0 aliphatic carbocycles. The Kier molecular flexibility index (Phi) is 7.42. The summed E-state index contributed by atoms with van der Waals surface area (Å²) in [7, 11) is 1.54. The number of halogens is 1. The van der Waals surface area contributed by atoms with Crippen LogP contribution in [0, 0.1) is 13.8 Å². The molecule has 3 rings (SSSR count). The number of ether oxygens (including phenoxy) is 3. The Bertz CT molecular complexity index is 1060. The number of hydrogen-bond acceptors (Lipinski definition) is 4.